The van der Waals surface area contributed by atoms with E-state index in [9.17, 15) is 4.79 Å². The van der Waals surface area contributed by atoms with Gasteiger partial charge in [-0.2, -0.15) is 0 Å². The van der Waals surface area contributed by atoms with Crippen LogP contribution in [0.25, 0.3) is 11.3 Å². The molecule has 0 aliphatic rings. The van der Waals surface area contributed by atoms with Crippen LogP contribution >= 0.6 is 0 Å². The average Bonchev–Trinajstić information content (AvgIpc) is 3.34. The topological polar surface area (TPSA) is 83.6 Å². The van der Waals surface area contributed by atoms with E-state index in [-0.39, 0.29) is 11.8 Å². The number of aromatic nitrogens is 4. The molecule has 1 unspecified atom stereocenters. The molecule has 2 aromatic carbocycles. The van der Waals surface area contributed by atoms with Crippen molar-refractivity contribution in [3.63, 3.8) is 0 Å². The second kappa shape index (κ2) is 9.80. The first-order valence-corrected chi connectivity index (χ1v) is 10.5. The third kappa shape index (κ3) is 5.04. The van der Waals surface area contributed by atoms with Crippen LogP contribution in [0.4, 0.5) is 0 Å². The van der Waals surface area contributed by atoms with E-state index < -0.39 is 0 Å². The van der Waals surface area contributed by atoms with Crippen molar-refractivity contribution in [2.75, 3.05) is 6.54 Å². The van der Waals surface area contributed by atoms with Gasteiger partial charge in [-0.15, -0.1) is 0 Å². The Morgan fingerprint density at radius 3 is 2.74 bits per heavy atom. The van der Waals surface area contributed by atoms with E-state index in [0.717, 1.165) is 29.2 Å². The van der Waals surface area contributed by atoms with Crippen LogP contribution in [0.5, 0.6) is 0 Å². The lowest BCUT2D eigenvalue weighted by molar-refractivity contribution is 0.0954. The molecule has 0 spiro atoms. The van der Waals surface area contributed by atoms with Crippen LogP contribution in [0.2, 0.25) is 0 Å². The Bertz CT molecular complexity index is 1130. The maximum Gasteiger partial charge on any atom is 0.251 e. The van der Waals surface area contributed by atoms with E-state index in [4.69, 9.17) is 4.98 Å². The van der Waals surface area contributed by atoms with Gasteiger partial charge in [0.2, 0.25) is 0 Å². The molecule has 0 fully saturated rings. The third-order valence-electron chi connectivity index (χ3n) is 5.25. The highest BCUT2D eigenvalue weighted by Gasteiger charge is 2.16. The summed E-state index contributed by atoms with van der Waals surface area (Å²) >= 11 is 0. The summed E-state index contributed by atoms with van der Waals surface area (Å²) in [6.07, 6.45) is 6.81. The van der Waals surface area contributed by atoms with Crippen LogP contribution in [0, 0.1) is 0 Å². The fourth-order valence-electron chi connectivity index (χ4n) is 3.61. The maximum atomic E-state index is 12.6. The minimum absolute atomic E-state index is 0.105. The standard InChI is InChI=1S/C25H25N5O/c1-2-22(18-7-4-3-5-8-18)24-27-14-12-23(30-24)19-9-6-10-20(15-19)25(31)28-13-11-21-16-26-17-29-21/h3-10,12,14-17,22H,2,11,13H2,1H3,(H,26,29)(H,28,31). The van der Waals surface area contributed by atoms with Crippen molar-refractivity contribution in [2.45, 2.75) is 25.7 Å². The SMILES string of the molecule is CCC(c1ccccc1)c1nccc(-c2cccc(C(=O)NCCc3cnc[nH]3)c2)n1. The van der Waals surface area contributed by atoms with Gasteiger partial charge in [0.25, 0.3) is 5.91 Å². The van der Waals surface area contributed by atoms with E-state index in [1.807, 2.05) is 48.5 Å². The van der Waals surface area contributed by atoms with E-state index in [1.54, 1.807) is 18.7 Å². The number of imidazole rings is 1. The minimum atomic E-state index is -0.105. The smallest absolute Gasteiger partial charge is 0.251 e. The van der Waals surface area contributed by atoms with Crippen LogP contribution in [0.1, 0.15) is 46.7 Å². The van der Waals surface area contributed by atoms with Gasteiger partial charge in [-0.3, -0.25) is 4.79 Å². The summed E-state index contributed by atoms with van der Waals surface area (Å²) in [6, 6.07) is 19.7. The van der Waals surface area contributed by atoms with E-state index >= 15 is 0 Å². The molecule has 6 nitrogen and oxygen atoms in total. The number of nitrogens with one attached hydrogen (secondary N) is 2. The second-order valence-corrected chi connectivity index (χ2v) is 7.34. The zero-order valence-corrected chi connectivity index (χ0v) is 17.5. The predicted octanol–water partition coefficient (Wildman–Crippen LogP) is 4.38. The predicted molar refractivity (Wildman–Crippen MR) is 121 cm³/mol. The van der Waals surface area contributed by atoms with Crippen molar-refractivity contribution < 1.29 is 4.79 Å². The Morgan fingerprint density at radius 2 is 1.97 bits per heavy atom. The first-order chi connectivity index (χ1) is 15.2. The highest BCUT2D eigenvalue weighted by atomic mass is 16.1. The molecular weight excluding hydrogens is 386 g/mol. The second-order valence-electron chi connectivity index (χ2n) is 7.34. The average molecular weight is 412 g/mol. The van der Waals surface area contributed by atoms with Crippen molar-refractivity contribution >= 4 is 5.91 Å². The summed E-state index contributed by atoms with van der Waals surface area (Å²) in [5.41, 5.74) is 4.51. The van der Waals surface area contributed by atoms with Gasteiger partial charge in [0.05, 0.1) is 12.0 Å². The number of hydrogen-bond donors (Lipinski definition) is 2. The van der Waals surface area contributed by atoms with Crippen LogP contribution in [-0.2, 0) is 6.42 Å². The van der Waals surface area contributed by atoms with Gasteiger partial charge in [-0.25, -0.2) is 15.0 Å². The summed E-state index contributed by atoms with van der Waals surface area (Å²) in [7, 11) is 0. The highest BCUT2D eigenvalue weighted by Crippen LogP contribution is 2.27. The molecule has 2 heterocycles. The molecule has 0 aliphatic carbocycles. The molecule has 6 heteroatoms. The van der Waals surface area contributed by atoms with Crippen LogP contribution in [-0.4, -0.2) is 32.4 Å². The number of nitrogens with zero attached hydrogens (tertiary/aromatic N) is 3. The molecule has 2 N–H and O–H groups in total. The molecule has 0 aliphatic heterocycles. The number of rotatable bonds is 8. The van der Waals surface area contributed by atoms with Crippen molar-refractivity contribution in [1.82, 2.24) is 25.3 Å². The van der Waals surface area contributed by atoms with Gasteiger partial charge < -0.3 is 10.3 Å². The third-order valence-corrected chi connectivity index (χ3v) is 5.25. The molecule has 1 atom stereocenters. The summed E-state index contributed by atoms with van der Waals surface area (Å²) in [5.74, 6) is 0.821. The van der Waals surface area contributed by atoms with Crippen molar-refractivity contribution in [3.05, 3.63) is 102 Å². The maximum absolute atomic E-state index is 12.6. The fraction of sp³-hybridized carbons (Fsp3) is 0.200. The zero-order chi connectivity index (χ0) is 21.5. The van der Waals surface area contributed by atoms with Gasteiger partial charge in [-0.05, 0) is 30.2 Å². The number of amides is 1. The van der Waals surface area contributed by atoms with Crippen LogP contribution in [0.15, 0.2) is 79.4 Å². The number of carbonyl (C=O) groups is 1. The summed E-state index contributed by atoms with van der Waals surface area (Å²) in [5, 5.41) is 2.96. The summed E-state index contributed by atoms with van der Waals surface area (Å²) in [6.45, 7) is 2.68. The van der Waals surface area contributed by atoms with Crippen molar-refractivity contribution in [1.29, 1.82) is 0 Å². The molecule has 4 aromatic rings. The van der Waals surface area contributed by atoms with Gasteiger partial charge in [0.1, 0.15) is 5.82 Å². The Kier molecular flexibility index (Phi) is 6.47. The molecule has 31 heavy (non-hydrogen) atoms. The molecule has 0 saturated carbocycles. The van der Waals surface area contributed by atoms with E-state index in [1.165, 1.54) is 5.56 Å². The number of hydrogen-bond acceptors (Lipinski definition) is 4. The van der Waals surface area contributed by atoms with Gasteiger partial charge >= 0.3 is 0 Å². The molecule has 0 radical (unpaired) electrons. The van der Waals surface area contributed by atoms with E-state index in [0.29, 0.717) is 18.5 Å². The largest absolute Gasteiger partial charge is 0.352 e. The molecule has 0 bridgehead atoms. The van der Waals surface area contributed by atoms with E-state index in [2.05, 4.69) is 39.3 Å². The first kappa shape index (κ1) is 20.5. The Hall–Kier alpha value is -3.80. The normalized spacial score (nSPS) is 11.8. The zero-order valence-electron chi connectivity index (χ0n) is 17.5. The Balaban J connectivity index is 1.51. The quantitative estimate of drug-likeness (QED) is 0.451. The highest BCUT2D eigenvalue weighted by molar-refractivity contribution is 5.95. The molecule has 4 rings (SSSR count). The van der Waals surface area contributed by atoms with Gasteiger partial charge in [0.15, 0.2) is 0 Å². The number of H-pyrrole nitrogens is 1. The monoisotopic (exact) mass is 411 g/mol. The lowest BCUT2D eigenvalue weighted by atomic mass is 9.95. The lowest BCUT2D eigenvalue weighted by Gasteiger charge is -2.15. The number of carbonyl (C=O) groups excluding carboxylic acids is 1. The molecule has 1 amide bonds. The fourth-order valence-corrected chi connectivity index (χ4v) is 3.61. The van der Waals surface area contributed by atoms with Crippen LogP contribution in [0.3, 0.4) is 0 Å². The molecule has 0 saturated heterocycles. The number of aromatic amines is 1. The summed E-state index contributed by atoms with van der Waals surface area (Å²) < 4.78 is 0. The van der Waals surface area contributed by atoms with Crippen molar-refractivity contribution in [2.24, 2.45) is 0 Å². The molecule has 156 valence electrons. The Labute approximate surface area is 181 Å². The first-order valence-electron chi connectivity index (χ1n) is 10.5. The Morgan fingerprint density at radius 1 is 1.10 bits per heavy atom. The summed E-state index contributed by atoms with van der Waals surface area (Å²) in [4.78, 5) is 29.0. The van der Waals surface area contributed by atoms with Gasteiger partial charge in [0, 0.05) is 48.1 Å². The van der Waals surface area contributed by atoms with Crippen LogP contribution < -0.4 is 5.32 Å². The lowest BCUT2D eigenvalue weighted by Crippen LogP contribution is -2.25. The molecule has 2 aromatic heterocycles. The van der Waals surface area contributed by atoms with Gasteiger partial charge in [-0.1, -0.05) is 49.4 Å². The number of benzene rings is 2. The van der Waals surface area contributed by atoms with Crippen molar-refractivity contribution in [3.8, 4) is 11.3 Å². The minimum Gasteiger partial charge on any atom is -0.352 e. The molecular formula is C25H25N5O.